The van der Waals surface area contributed by atoms with Crippen molar-refractivity contribution in [3.63, 3.8) is 0 Å². The summed E-state index contributed by atoms with van der Waals surface area (Å²) in [7, 11) is 0. The van der Waals surface area contributed by atoms with E-state index >= 15 is 0 Å². The molecule has 0 aliphatic rings. The summed E-state index contributed by atoms with van der Waals surface area (Å²) in [5.41, 5.74) is 1.80. The van der Waals surface area contributed by atoms with Crippen molar-refractivity contribution in [1.82, 2.24) is 4.98 Å². The molecule has 0 fully saturated rings. The van der Waals surface area contributed by atoms with E-state index in [0.717, 1.165) is 34.9 Å². The molecule has 1 N–H and O–H groups in total. The van der Waals surface area contributed by atoms with Crippen LogP contribution in [0, 0.1) is 0 Å². The fourth-order valence-electron chi connectivity index (χ4n) is 2.00. The molecule has 0 saturated heterocycles. The van der Waals surface area contributed by atoms with E-state index in [-0.39, 0.29) is 0 Å². The van der Waals surface area contributed by atoms with E-state index in [1.54, 1.807) is 11.3 Å². The van der Waals surface area contributed by atoms with Gasteiger partial charge in [-0.05, 0) is 25.3 Å². The second-order valence-electron chi connectivity index (χ2n) is 4.73. The Labute approximate surface area is 124 Å². The summed E-state index contributed by atoms with van der Waals surface area (Å²) < 4.78 is 5.82. The summed E-state index contributed by atoms with van der Waals surface area (Å²) in [4.78, 5) is 4.54. The second-order valence-corrected chi connectivity index (χ2v) is 5.68. The number of para-hydroxylation sites is 1. The predicted octanol–water partition coefficient (Wildman–Crippen LogP) is 4.12. The van der Waals surface area contributed by atoms with Gasteiger partial charge in [-0.25, -0.2) is 4.98 Å². The molecular formula is C16H21NO2S. The van der Waals surface area contributed by atoms with Crippen LogP contribution < -0.4 is 4.74 Å². The Balaban J connectivity index is 2.02. The third kappa shape index (κ3) is 3.81. The molecule has 0 saturated carbocycles. The average molecular weight is 291 g/mol. The lowest BCUT2D eigenvalue weighted by Crippen LogP contribution is -2.02. The summed E-state index contributed by atoms with van der Waals surface area (Å²) in [5.74, 6) is 0.742. The minimum Gasteiger partial charge on any atom is -0.487 e. The second kappa shape index (κ2) is 7.41. The third-order valence-corrected chi connectivity index (χ3v) is 4.06. The number of aryl methyl sites for hydroxylation is 1. The van der Waals surface area contributed by atoms with Gasteiger partial charge >= 0.3 is 0 Å². The van der Waals surface area contributed by atoms with Crippen molar-refractivity contribution >= 4 is 11.3 Å². The minimum atomic E-state index is -0.475. The van der Waals surface area contributed by atoms with Gasteiger partial charge < -0.3 is 9.84 Å². The molecule has 0 spiro atoms. The number of ether oxygens (including phenoxy) is 1. The van der Waals surface area contributed by atoms with Gasteiger partial charge in [-0.15, -0.1) is 11.3 Å². The highest BCUT2D eigenvalue weighted by Gasteiger charge is 2.11. The van der Waals surface area contributed by atoms with Crippen molar-refractivity contribution in [1.29, 1.82) is 0 Å². The highest BCUT2D eigenvalue weighted by molar-refractivity contribution is 7.09. The van der Waals surface area contributed by atoms with E-state index in [4.69, 9.17) is 4.74 Å². The fourth-order valence-corrected chi connectivity index (χ4v) is 2.89. The van der Waals surface area contributed by atoms with E-state index in [2.05, 4.69) is 11.9 Å². The molecule has 2 rings (SSSR count). The molecule has 1 heterocycles. The molecule has 20 heavy (non-hydrogen) atoms. The van der Waals surface area contributed by atoms with Crippen LogP contribution in [0.2, 0.25) is 0 Å². The number of aliphatic hydroxyl groups is 1. The van der Waals surface area contributed by atoms with Crippen LogP contribution >= 0.6 is 11.3 Å². The molecular weight excluding hydrogens is 270 g/mol. The van der Waals surface area contributed by atoms with Crippen molar-refractivity contribution < 1.29 is 9.84 Å². The smallest absolute Gasteiger partial charge is 0.131 e. The standard InChI is InChI=1S/C16H21NO2S/c1-3-7-16-17-12(11-20-16)10-19-15-9-6-5-8-13(15)14(18)4-2/h5-6,8-9,11,14,18H,3-4,7,10H2,1-2H3/t14-/m1/s1. The monoisotopic (exact) mass is 291 g/mol. The van der Waals surface area contributed by atoms with Crippen LogP contribution in [0.15, 0.2) is 29.6 Å². The maximum atomic E-state index is 9.99. The van der Waals surface area contributed by atoms with Crippen molar-refractivity contribution in [2.24, 2.45) is 0 Å². The molecule has 2 aromatic rings. The number of nitrogens with zero attached hydrogens (tertiary/aromatic N) is 1. The van der Waals surface area contributed by atoms with Gasteiger partial charge in [0.1, 0.15) is 12.4 Å². The Bertz CT molecular complexity index is 539. The lowest BCUT2D eigenvalue weighted by atomic mass is 10.1. The first-order chi connectivity index (χ1) is 9.74. The molecule has 1 aromatic heterocycles. The number of hydrogen-bond donors (Lipinski definition) is 1. The molecule has 108 valence electrons. The Morgan fingerprint density at radius 3 is 2.85 bits per heavy atom. The molecule has 0 amide bonds. The molecule has 0 bridgehead atoms. The highest BCUT2D eigenvalue weighted by Crippen LogP contribution is 2.27. The van der Waals surface area contributed by atoms with Gasteiger partial charge in [0, 0.05) is 10.9 Å². The van der Waals surface area contributed by atoms with Gasteiger partial charge in [0.25, 0.3) is 0 Å². The molecule has 0 aliphatic carbocycles. The Morgan fingerprint density at radius 1 is 1.30 bits per heavy atom. The zero-order valence-corrected chi connectivity index (χ0v) is 12.8. The van der Waals surface area contributed by atoms with E-state index < -0.39 is 6.10 Å². The maximum Gasteiger partial charge on any atom is 0.131 e. The van der Waals surface area contributed by atoms with E-state index in [1.807, 2.05) is 36.6 Å². The summed E-state index contributed by atoms with van der Waals surface area (Å²) >= 11 is 1.68. The quantitative estimate of drug-likeness (QED) is 0.834. The van der Waals surface area contributed by atoms with Crippen LogP contribution in [-0.2, 0) is 13.0 Å². The third-order valence-electron chi connectivity index (χ3n) is 3.10. The Morgan fingerprint density at radius 2 is 2.10 bits per heavy atom. The summed E-state index contributed by atoms with van der Waals surface area (Å²) in [6.07, 6.45) is 2.34. The lowest BCUT2D eigenvalue weighted by molar-refractivity contribution is 0.166. The largest absolute Gasteiger partial charge is 0.487 e. The predicted molar refractivity (Wildman–Crippen MR) is 82.1 cm³/mol. The van der Waals surface area contributed by atoms with Crippen molar-refractivity contribution in [2.45, 2.75) is 45.8 Å². The number of aromatic nitrogens is 1. The summed E-state index contributed by atoms with van der Waals surface area (Å²) in [5, 5.41) is 13.2. The maximum absolute atomic E-state index is 9.99. The molecule has 3 nitrogen and oxygen atoms in total. The number of rotatable bonds is 7. The van der Waals surface area contributed by atoms with Crippen LogP contribution in [-0.4, -0.2) is 10.1 Å². The lowest BCUT2D eigenvalue weighted by Gasteiger charge is -2.14. The summed E-state index contributed by atoms with van der Waals surface area (Å²) in [6.45, 7) is 4.56. The SMILES string of the molecule is CCCc1nc(COc2ccccc2[C@H](O)CC)cs1. The summed E-state index contributed by atoms with van der Waals surface area (Å²) in [6, 6.07) is 7.65. The molecule has 0 radical (unpaired) electrons. The Kier molecular flexibility index (Phi) is 5.56. The molecule has 0 aliphatic heterocycles. The van der Waals surface area contributed by atoms with Gasteiger partial charge in [-0.2, -0.15) is 0 Å². The van der Waals surface area contributed by atoms with E-state index in [1.165, 1.54) is 0 Å². The van der Waals surface area contributed by atoms with Gasteiger partial charge in [-0.3, -0.25) is 0 Å². The van der Waals surface area contributed by atoms with Crippen molar-refractivity contribution in [3.8, 4) is 5.75 Å². The zero-order valence-electron chi connectivity index (χ0n) is 12.0. The first-order valence-corrected chi connectivity index (χ1v) is 7.95. The number of benzene rings is 1. The first-order valence-electron chi connectivity index (χ1n) is 7.07. The minimum absolute atomic E-state index is 0.452. The molecule has 4 heteroatoms. The normalized spacial score (nSPS) is 12.3. The highest BCUT2D eigenvalue weighted by atomic mass is 32.1. The number of thiazole rings is 1. The van der Waals surface area contributed by atoms with E-state index in [9.17, 15) is 5.11 Å². The molecule has 1 atom stereocenters. The zero-order chi connectivity index (χ0) is 14.4. The van der Waals surface area contributed by atoms with Crippen LogP contribution in [0.3, 0.4) is 0 Å². The van der Waals surface area contributed by atoms with Crippen LogP contribution in [0.5, 0.6) is 5.75 Å². The average Bonchev–Trinajstić information content (AvgIpc) is 2.93. The molecule has 0 unspecified atom stereocenters. The van der Waals surface area contributed by atoms with Crippen LogP contribution in [0.1, 0.15) is 49.1 Å². The van der Waals surface area contributed by atoms with Gasteiger partial charge in [0.15, 0.2) is 0 Å². The Hall–Kier alpha value is -1.39. The topological polar surface area (TPSA) is 42.4 Å². The van der Waals surface area contributed by atoms with Gasteiger partial charge in [0.05, 0.1) is 16.8 Å². The molecule has 1 aromatic carbocycles. The number of aliphatic hydroxyl groups excluding tert-OH is 1. The van der Waals surface area contributed by atoms with Gasteiger partial charge in [0.2, 0.25) is 0 Å². The van der Waals surface area contributed by atoms with Crippen molar-refractivity contribution in [3.05, 3.63) is 45.9 Å². The van der Waals surface area contributed by atoms with Gasteiger partial charge in [-0.1, -0.05) is 32.0 Å². The van der Waals surface area contributed by atoms with Crippen molar-refractivity contribution in [2.75, 3.05) is 0 Å². The van der Waals surface area contributed by atoms with E-state index in [0.29, 0.717) is 13.0 Å². The number of hydrogen-bond acceptors (Lipinski definition) is 4. The van der Waals surface area contributed by atoms with Crippen LogP contribution in [0.4, 0.5) is 0 Å². The fraction of sp³-hybridized carbons (Fsp3) is 0.438. The first kappa shape index (κ1) is 15.0. The van der Waals surface area contributed by atoms with Crippen LogP contribution in [0.25, 0.3) is 0 Å².